The molecule has 2 N–H and O–H groups in total. The molecule has 0 saturated heterocycles. The minimum atomic E-state index is -3.15. The van der Waals surface area contributed by atoms with Gasteiger partial charge < -0.3 is 0 Å². The summed E-state index contributed by atoms with van der Waals surface area (Å²) in [5.74, 6) is 0. The van der Waals surface area contributed by atoms with Crippen LogP contribution in [-0.2, 0) is 10.0 Å². The summed E-state index contributed by atoms with van der Waals surface area (Å²) in [4.78, 5) is 0. The minimum Gasteiger partial charge on any atom is -0.230 e. The van der Waals surface area contributed by atoms with Gasteiger partial charge in [0.1, 0.15) is 0 Å². The van der Waals surface area contributed by atoms with Crippen molar-refractivity contribution in [3.8, 4) is 0 Å². The maximum Gasteiger partial charge on any atom is 0.237 e. The predicted molar refractivity (Wildman–Crippen MR) is 34.8 cm³/mol. The summed E-state index contributed by atoms with van der Waals surface area (Å²) in [5.41, 5.74) is 4.85. The van der Waals surface area contributed by atoms with E-state index in [2.05, 4.69) is 10.9 Å². The van der Waals surface area contributed by atoms with Crippen molar-refractivity contribution in [3.05, 3.63) is 0 Å². The number of nitrogens with zero attached hydrogens (tertiary/aromatic N) is 1. The largest absolute Gasteiger partial charge is 0.237 e. The van der Waals surface area contributed by atoms with Gasteiger partial charge in [0.15, 0.2) is 0 Å². The van der Waals surface area contributed by atoms with Crippen LogP contribution in [0.3, 0.4) is 0 Å². The van der Waals surface area contributed by atoms with Crippen LogP contribution in [0.25, 0.3) is 0 Å². The van der Waals surface area contributed by atoms with E-state index < -0.39 is 10.0 Å². The molecular formula is C3H11N3O2S. The maximum atomic E-state index is 10.6. The topological polar surface area (TPSA) is 61.4 Å². The second-order valence-electron chi connectivity index (χ2n) is 1.47. The van der Waals surface area contributed by atoms with Crippen LogP contribution >= 0.6 is 0 Å². The number of hydrazine groups is 2. The quantitative estimate of drug-likeness (QED) is 0.485. The number of hydrogen-bond acceptors (Lipinski definition) is 4. The molecule has 5 nitrogen and oxygen atoms in total. The molecule has 0 amide bonds. The van der Waals surface area contributed by atoms with Gasteiger partial charge in [0.25, 0.3) is 0 Å². The Kier molecular flexibility index (Phi) is 3.06. The molecule has 0 aliphatic carbocycles. The van der Waals surface area contributed by atoms with E-state index in [-0.39, 0.29) is 0 Å². The summed E-state index contributed by atoms with van der Waals surface area (Å²) in [6.07, 6.45) is 1.10. The molecule has 0 atom stereocenters. The van der Waals surface area contributed by atoms with E-state index >= 15 is 0 Å². The Morgan fingerprint density at radius 3 is 1.56 bits per heavy atom. The highest BCUT2D eigenvalue weighted by molar-refractivity contribution is 7.88. The summed E-state index contributed by atoms with van der Waals surface area (Å²) in [7, 11) is -0.131. The third-order valence-corrected chi connectivity index (χ3v) is 1.77. The second kappa shape index (κ2) is 3.11. The van der Waals surface area contributed by atoms with Gasteiger partial charge in [0.2, 0.25) is 10.0 Å². The smallest absolute Gasteiger partial charge is 0.230 e. The van der Waals surface area contributed by atoms with Crippen molar-refractivity contribution in [2.75, 3.05) is 20.4 Å². The van der Waals surface area contributed by atoms with Gasteiger partial charge in [-0.15, -0.1) is 0 Å². The summed E-state index contributed by atoms with van der Waals surface area (Å²) < 4.78 is 22.1. The Balaban J connectivity index is 4.14. The average molecular weight is 153 g/mol. The van der Waals surface area contributed by atoms with Gasteiger partial charge in [-0.3, -0.25) is 0 Å². The molecular weight excluding hydrogens is 142 g/mol. The third-order valence-electron chi connectivity index (χ3n) is 0.738. The molecule has 0 radical (unpaired) electrons. The van der Waals surface area contributed by atoms with Gasteiger partial charge in [-0.05, 0) is 0 Å². The first kappa shape index (κ1) is 8.83. The van der Waals surface area contributed by atoms with Gasteiger partial charge in [-0.25, -0.2) is 19.3 Å². The molecule has 9 heavy (non-hydrogen) atoms. The second-order valence-corrected chi connectivity index (χ2v) is 3.31. The summed E-state index contributed by atoms with van der Waals surface area (Å²) >= 11 is 0. The van der Waals surface area contributed by atoms with Gasteiger partial charge in [0, 0.05) is 14.1 Å². The maximum absolute atomic E-state index is 10.6. The number of sulfonamides is 1. The average Bonchev–Trinajstić information content (AvgIpc) is 1.65. The molecule has 56 valence electrons. The predicted octanol–water partition coefficient (Wildman–Crippen LogP) is -1.48. The minimum absolute atomic E-state index is 0.910. The fourth-order valence-corrected chi connectivity index (χ4v) is 1.11. The highest BCUT2D eigenvalue weighted by atomic mass is 32.2. The van der Waals surface area contributed by atoms with Crippen LogP contribution < -0.4 is 10.9 Å². The molecule has 0 aromatic rings. The van der Waals surface area contributed by atoms with E-state index in [0.717, 1.165) is 10.8 Å². The van der Waals surface area contributed by atoms with E-state index in [4.69, 9.17) is 0 Å². The molecule has 0 heterocycles. The normalized spacial score (nSPS) is 12.4. The number of nitrogens with one attached hydrogen (secondary N) is 2. The van der Waals surface area contributed by atoms with Crippen LogP contribution in [0.1, 0.15) is 0 Å². The van der Waals surface area contributed by atoms with Crippen LogP contribution in [0.15, 0.2) is 0 Å². The van der Waals surface area contributed by atoms with Crippen molar-refractivity contribution >= 4 is 10.0 Å². The summed E-state index contributed by atoms with van der Waals surface area (Å²) in [6.45, 7) is 0. The lowest BCUT2D eigenvalue weighted by Crippen LogP contribution is -2.47. The summed E-state index contributed by atoms with van der Waals surface area (Å²) in [5, 5.41) is 0. The van der Waals surface area contributed by atoms with Gasteiger partial charge in [-0.2, -0.15) is 0 Å². The van der Waals surface area contributed by atoms with E-state index in [1.807, 2.05) is 0 Å². The van der Waals surface area contributed by atoms with Crippen molar-refractivity contribution in [2.24, 2.45) is 0 Å². The zero-order chi connectivity index (χ0) is 7.49. The van der Waals surface area contributed by atoms with E-state index in [1.165, 1.54) is 14.1 Å². The van der Waals surface area contributed by atoms with Gasteiger partial charge in [-0.1, -0.05) is 4.52 Å². The third kappa shape index (κ3) is 2.75. The van der Waals surface area contributed by atoms with Crippen LogP contribution in [0.2, 0.25) is 0 Å². The first-order chi connectivity index (χ1) is 4.02. The molecule has 0 aromatic heterocycles. The lowest BCUT2D eigenvalue weighted by Gasteiger charge is -2.15. The van der Waals surface area contributed by atoms with Crippen molar-refractivity contribution in [2.45, 2.75) is 0 Å². The Morgan fingerprint density at radius 1 is 1.22 bits per heavy atom. The lowest BCUT2D eigenvalue weighted by molar-refractivity contribution is 0.282. The molecule has 0 aliphatic heterocycles. The number of hydrogen-bond donors (Lipinski definition) is 2. The Bertz CT molecular complexity index is 160. The van der Waals surface area contributed by atoms with E-state index in [1.54, 1.807) is 0 Å². The van der Waals surface area contributed by atoms with Crippen LogP contribution in [0.4, 0.5) is 0 Å². The molecule has 0 aliphatic rings. The Hall–Kier alpha value is -0.170. The Morgan fingerprint density at radius 2 is 1.56 bits per heavy atom. The van der Waals surface area contributed by atoms with Gasteiger partial charge >= 0.3 is 0 Å². The first-order valence-corrected chi connectivity index (χ1v) is 4.22. The fraction of sp³-hybridized carbons (Fsp3) is 1.00. The fourth-order valence-electron chi connectivity index (χ4n) is 0.443. The van der Waals surface area contributed by atoms with Crippen molar-refractivity contribution in [1.82, 2.24) is 15.4 Å². The highest BCUT2D eigenvalue weighted by Gasteiger charge is 2.10. The zero-order valence-corrected chi connectivity index (χ0v) is 6.49. The van der Waals surface area contributed by atoms with E-state index in [0.29, 0.717) is 0 Å². The first-order valence-electron chi connectivity index (χ1n) is 2.37. The molecule has 0 fully saturated rings. The number of rotatable bonds is 3. The molecule has 0 bridgehead atoms. The van der Waals surface area contributed by atoms with Crippen molar-refractivity contribution in [3.63, 3.8) is 0 Å². The van der Waals surface area contributed by atoms with Crippen LogP contribution in [0.5, 0.6) is 0 Å². The van der Waals surface area contributed by atoms with Crippen molar-refractivity contribution in [1.29, 1.82) is 0 Å². The standard InChI is InChI=1S/C3H11N3O2S/c1-4-6(5-2)9(3,7)8/h4-5H,1-3H3. The SMILES string of the molecule is CNN(NC)S(C)(=O)=O. The van der Waals surface area contributed by atoms with Gasteiger partial charge in [0.05, 0.1) is 6.26 Å². The highest BCUT2D eigenvalue weighted by Crippen LogP contribution is 1.82. The lowest BCUT2D eigenvalue weighted by atomic mass is 11.4. The molecule has 0 rings (SSSR count). The van der Waals surface area contributed by atoms with Crippen molar-refractivity contribution < 1.29 is 8.42 Å². The monoisotopic (exact) mass is 153 g/mol. The molecule has 0 unspecified atom stereocenters. The van der Waals surface area contributed by atoms with E-state index in [9.17, 15) is 8.42 Å². The van der Waals surface area contributed by atoms with Crippen LogP contribution in [0, 0.1) is 0 Å². The Labute approximate surface area is 55.0 Å². The molecule has 0 spiro atoms. The molecule has 0 saturated carbocycles. The zero-order valence-electron chi connectivity index (χ0n) is 5.67. The molecule has 6 heteroatoms. The summed E-state index contributed by atoms with van der Waals surface area (Å²) in [6, 6.07) is 0. The molecule has 0 aromatic carbocycles. The van der Waals surface area contributed by atoms with Crippen LogP contribution in [-0.4, -0.2) is 33.3 Å².